The van der Waals surface area contributed by atoms with Crippen molar-refractivity contribution in [2.45, 2.75) is 20.3 Å². The van der Waals surface area contributed by atoms with Crippen molar-refractivity contribution >= 4 is 28.3 Å². The summed E-state index contributed by atoms with van der Waals surface area (Å²) in [6.07, 6.45) is 1.27. The van der Waals surface area contributed by atoms with Crippen LogP contribution in [0.15, 0.2) is 53.6 Å². The van der Waals surface area contributed by atoms with Gasteiger partial charge in [-0.3, -0.25) is 4.79 Å². The molecule has 2 aromatic rings. The number of hydrogen-bond acceptors (Lipinski definition) is 6. The fraction of sp³-hybridized carbons (Fsp3) is 0.263. The van der Waals surface area contributed by atoms with E-state index in [1.807, 2.05) is 41.8 Å². The van der Waals surface area contributed by atoms with Crippen LogP contribution in [0.5, 0.6) is 0 Å². The molecule has 0 spiro atoms. The van der Waals surface area contributed by atoms with Gasteiger partial charge >= 0.3 is 11.9 Å². The van der Waals surface area contributed by atoms with Crippen LogP contribution in [-0.4, -0.2) is 25.2 Å². The minimum atomic E-state index is -0.492. The number of anilines is 1. The van der Waals surface area contributed by atoms with Crippen molar-refractivity contribution in [2.75, 3.05) is 18.5 Å². The maximum absolute atomic E-state index is 11.8. The fourth-order valence-corrected chi connectivity index (χ4v) is 3.01. The Balaban J connectivity index is 2.14. The van der Waals surface area contributed by atoms with Crippen molar-refractivity contribution in [2.24, 2.45) is 0 Å². The van der Waals surface area contributed by atoms with Gasteiger partial charge < -0.3 is 14.8 Å². The molecule has 2 rings (SSSR count). The third kappa shape index (κ3) is 6.08. The van der Waals surface area contributed by atoms with Crippen LogP contribution in [0.4, 0.5) is 5.00 Å². The molecule has 1 N–H and O–H groups in total. The smallest absolute Gasteiger partial charge is 0.332 e. The van der Waals surface area contributed by atoms with E-state index in [1.54, 1.807) is 13.8 Å². The first-order chi connectivity index (χ1) is 12.1. The van der Waals surface area contributed by atoms with Gasteiger partial charge in [0.25, 0.3) is 0 Å². The maximum Gasteiger partial charge on any atom is 0.332 e. The molecule has 1 aromatic heterocycles. The Morgan fingerprint density at radius 2 is 1.80 bits per heavy atom. The number of esters is 2. The van der Waals surface area contributed by atoms with Crippen LogP contribution >= 0.6 is 11.3 Å². The van der Waals surface area contributed by atoms with Crippen molar-refractivity contribution in [1.29, 1.82) is 0 Å². The normalized spacial score (nSPS) is 11.0. The highest BCUT2D eigenvalue weighted by atomic mass is 32.1. The van der Waals surface area contributed by atoms with Crippen molar-refractivity contribution in [1.82, 2.24) is 0 Å². The van der Waals surface area contributed by atoms with E-state index in [9.17, 15) is 9.59 Å². The van der Waals surface area contributed by atoms with Gasteiger partial charge in [-0.2, -0.15) is 0 Å². The first kappa shape index (κ1) is 18.7. The molecule has 0 aliphatic heterocycles. The van der Waals surface area contributed by atoms with Gasteiger partial charge in [-0.25, -0.2) is 4.79 Å². The summed E-state index contributed by atoms with van der Waals surface area (Å²) in [5.41, 5.74) is 2.62. The van der Waals surface area contributed by atoms with Gasteiger partial charge in [-0.1, -0.05) is 30.3 Å². The van der Waals surface area contributed by atoms with Crippen LogP contribution in [0.2, 0.25) is 0 Å². The summed E-state index contributed by atoms with van der Waals surface area (Å²) in [5.74, 6) is -0.889. The van der Waals surface area contributed by atoms with E-state index in [1.165, 1.54) is 17.4 Å². The summed E-state index contributed by atoms with van der Waals surface area (Å²) < 4.78 is 9.88. The zero-order valence-corrected chi connectivity index (χ0v) is 15.1. The van der Waals surface area contributed by atoms with Crippen LogP contribution in [0.1, 0.15) is 20.3 Å². The topological polar surface area (TPSA) is 64.6 Å². The molecule has 0 aliphatic carbocycles. The van der Waals surface area contributed by atoms with Gasteiger partial charge in [0.1, 0.15) is 0 Å². The van der Waals surface area contributed by atoms with Crippen LogP contribution < -0.4 is 5.32 Å². The van der Waals surface area contributed by atoms with Gasteiger partial charge in [-0.15, -0.1) is 11.3 Å². The van der Waals surface area contributed by atoms with Crippen LogP contribution in [0.25, 0.3) is 11.1 Å². The van der Waals surface area contributed by atoms with Gasteiger partial charge in [-0.05, 0) is 31.0 Å². The highest BCUT2D eigenvalue weighted by Crippen LogP contribution is 2.30. The average Bonchev–Trinajstić information content (AvgIpc) is 3.04. The third-order valence-electron chi connectivity index (χ3n) is 3.21. The second-order valence-electron chi connectivity index (χ2n) is 5.09. The molecule has 1 aromatic carbocycles. The number of thiophene rings is 1. The number of hydrogen-bond donors (Lipinski definition) is 1. The van der Waals surface area contributed by atoms with Crippen LogP contribution in [0, 0.1) is 0 Å². The molecule has 0 amide bonds. The highest BCUT2D eigenvalue weighted by Gasteiger charge is 2.11. The second kappa shape index (κ2) is 9.64. The molecular weight excluding hydrogens is 338 g/mol. The first-order valence-electron chi connectivity index (χ1n) is 8.06. The molecule has 0 atom stereocenters. The van der Waals surface area contributed by atoms with E-state index in [0.29, 0.717) is 12.3 Å². The number of carbonyl (C=O) groups excluding carboxylic acids is 2. The molecule has 6 heteroatoms. The standard InChI is InChI=1S/C19H21NO4S/c1-3-23-18(21)11-16(12-19(22)24-4-2)20-17-10-15(13-25-17)14-8-6-5-7-9-14/h5-11,13,20H,3-4,12H2,1-2H3. The summed E-state index contributed by atoms with van der Waals surface area (Å²) in [6.45, 7) is 4.04. The summed E-state index contributed by atoms with van der Waals surface area (Å²) in [4.78, 5) is 23.5. The summed E-state index contributed by atoms with van der Waals surface area (Å²) in [7, 11) is 0. The van der Waals surface area contributed by atoms with Crippen molar-refractivity contribution in [3.05, 3.63) is 53.6 Å². The van der Waals surface area contributed by atoms with Crippen LogP contribution in [-0.2, 0) is 19.1 Å². The van der Waals surface area contributed by atoms with Crippen molar-refractivity contribution < 1.29 is 19.1 Å². The molecule has 0 saturated carbocycles. The summed E-state index contributed by atoms with van der Waals surface area (Å²) in [5, 5.41) is 5.98. The SMILES string of the molecule is CCOC(=O)C=C(CC(=O)OCC)Nc1cc(-c2ccccc2)cs1. The molecule has 0 saturated heterocycles. The number of benzene rings is 1. The number of rotatable bonds is 8. The Labute approximate surface area is 151 Å². The second-order valence-corrected chi connectivity index (χ2v) is 6.01. The van der Waals surface area contributed by atoms with E-state index in [0.717, 1.165) is 16.1 Å². The van der Waals surface area contributed by atoms with Gasteiger partial charge in [0, 0.05) is 17.2 Å². The Bertz CT molecular complexity index is 737. The minimum Gasteiger partial charge on any atom is -0.466 e. The highest BCUT2D eigenvalue weighted by molar-refractivity contribution is 7.14. The number of nitrogens with one attached hydrogen (secondary N) is 1. The number of ether oxygens (including phenoxy) is 2. The zero-order chi connectivity index (χ0) is 18.1. The van der Waals surface area contributed by atoms with Gasteiger partial charge in [0.05, 0.1) is 24.6 Å². The lowest BCUT2D eigenvalue weighted by molar-refractivity contribution is -0.142. The van der Waals surface area contributed by atoms with E-state index < -0.39 is 11.9 Å². The Morgan fingerprint density at radius 3 is 2.48 bits per heavy atom. The predicted molar refractivity (Wildman–Crippen MR) is 99.3 cm³/mol. The van der Waals surface area contributed by atoms with Crippen molar-refractivity contribution in [3.63, 3.8) is 0 Å². The summed E-state index contributed by atoms with van der Waals surface area (Å²) >= 11 is 1.50. The minimum absolute atomic E-state index is 0.0226. The van der Waals surface area contributed by atoms with E-state index in [4.69, 9.17) is 9.47 Å². The molecule has 0 aliphatic rings. The quantitative estimate of drug-likeness (QED) is 0.564. The Morgan fingerprint density at radius 1 is 1.08 bits per heavy atom. The average molecular weight is 359 g/mol. The lowest BCUT2D eigenvalue weighted by atomic mass is 10.1. The van der Waals surface area contributed by atoms with Gasteiger partial charge in [0.2, 0.25) is 0 Å². The van der Waals surface area contributed by atoms with Crippen molar-refractivity contribution in [3.8, 4) is 11.1 Å². The zero-order valence-electron chi connectivity index (χ0n) is 14.3. The molecule has 1 heterocycles. The maximum atomic E-state index is 11.8. The largest absolute Gasteiger partial charge is 0.466 e. The van der Waals surface area contributed by atoms with Crippen LogP contribution in [0.3, 0.4) is 0 Å². The molecule has 0 unspecified atom stereocenters. The predicted octanol–water partition coefficient (Wildman–Crippen LogP) is 4.23. The Kier molecular flexibility index (Phi) is 7.22. The summed E-state index contributed by atoms with van der Waals surface area (Å²) in [6, 6.07) is 12.0. The Hall–Kier alpha value is -2.60. The molecule has 5 nitrogen and oxygen atoms in total. The lowest BCUT2D eigenvalue weighted by Gasteiger charge is -2.09. The lowest BCUT2D eigenvalue weighted by Crippen LogP contribution is -2.12. The first-order valence-corrected chi connectivity index (χ1v) is 8.94. The van der Waals surface area contributed by atoms with E-state index >= 15 is 0 Å². The van der Waals surface area contributed by atoms with E-state index in [-0.39, 0.29) is 13.0 Å². The third-order valence-corrected chi connectivity index (χ3v) is 4.05. The molecule has 25 heavy (non-hydrogen) atoms. The van der Waals surface area contributed by atoms with Gasteiger partial charge in [0.15, 0.2) is 0 Å². The number of carbonyl (C=O) groups is 2. The molecule has 0 radical (unpaired) electrons. The molecule has 0 fully saturated rings. The fourth-order valence-electron chi connectivity index (χ4n) is 2.17. The molecular formula is C19H21NO4S. The van der Waals surface area contributed by atoms with E-state index in [2.05, 4.69) is 5.32 Å². The molecule has 132 valence electrons. The monoisotopic (exact) mass is 359 g/mol. The molecule has 0 bridgehead atoms.